The lowest BCUT2D eigenvalue weighted by atomic mass is 10.2. The fraction of sp³-hybridized carbons (Fsp3) is 0.200. The Hall–Kier alpha value is -2.93. The van der Waals surface area contributed by atoms with Crippen LogP contribution in [-0.4, -0.2) is 15.9 Å². The van der Waals surface area contributed by atoms with E-state index in [1.807, 2.05) is 0 Å². The number of benzene rings is 1. The molecule has 0 saturated heterocycles. The number of aromatic nitrogens is 2. The lowest BCUT2D eigenvalue weighted by molar-refractivity contribution is -0.143. The van der Waals surface area contributed by atoms with Gasteiger partial charge in [0.25, 0.3) is 5.56 Å². The third-order valence-electron chi connectivity index (χ3n) is 3.15. The minimum atomic E-state index is -5.04. The molecule has 0 atom stereocenters. The number of hydrogen-bond donors (Lipinski definition) is 1. The monoisotopic (exact) mass is 391 g/mol. The molecular weight excluding hydrogens is 382 g/mol. The van der Waals surface area contributed by atoms with Gasteiger partial charge in [0.1, 0.15) is 18.2 Å². The van der Waals surface area contributed by atoms with Crippen molar-refractivity contribution < 1.29 is 22.3 Å². The molecule has 6 nitrogen and oxygen atoms in total. The van der Waals surface area contributed by atoms with Crippen molar-refractivity contribution in [2.75, 3.05) is 12.4 Å². The molecule has 2 N–H and O–H groups in total. The number of nitrogens with two attached hydrogens (primary N) is 1. The molecule has 0 saturated carbocycles. The Labute approximate surface area is 148 Å². The first-order chi connectivity index (χ1) is 12.1. The number of hydrogen-bond acceptors (Lipinski definition) is 4. The number of rotatable bonds is 3. The van der Waals surface area contributed by atoms with E-state index in [-0.39, 0.29) is 32.7 Å². The Morgan fingerprint density at radius 1 is 1.27 bits per heavy atom. The smallest absolute Gasteiger partial charge is 0.433 e. The van der Waals surface area contributed by atoms with Gasteiger partial charge in [-0.05, 0) is 13.0 Å². The van der Waals surface area contributed by atoms with Crippen molar-refractivity contribution in [1.29, 1.82) is 0 Å². The van der Waals surface area contributed by atoms with Crippen molar-refractivity contribution in [3.05, 3.63) is 55.6 Å². The topological polar surface area (TPSA) is 79.2 Å². The standard InChI is InChI=1S/C15H10ClF4N3O3/c1-2-3-4-26-11-6-10(9(17)5-8(11)16)22-13(24)7-12(15(18,19)20)23(21)14(22)25/h5-7H,4,21H2,1H3. The predicted molar refractivity (Wildman–Crippen MR) is 85.4 cm³/mol. The minimum Gasteiger partial charge on any atom is -0.479 e. The van der Waals surface area contributed by atoms with Crippen LogP contribution < -0.4 is 21.8 Å². The minimum absolute atomic E-state index is 0.0819. The van der Waals surface area contributed by atoms with Gasteiger partial charge in [-0.15, -0.1) is 5.92 Å². The lowest BCUT2D eigenvalue weighted by Gasteiger charge is -2.15. The van der Waals surface area contributed by atoms with E-state index in [9.17, 15) is 27.2 Å². The zero-order valence-electron chi connectivity index (χ0n) is 13.0. The second-order valence-corrected chi connectivity index (χ2v) is 5.21. The Bertz CT molecular complexity index is 1030. The largest absolute Gasteiger partial charge is 0.479 e. The summed E-state index contributed by atoms with van der Waals surface area (Å²) in [6, 6.07) is 1.72. The number of alkyl halides is 3. The summed E-state index contributed by atoms with van der Waals surface area (Å²) in [5.41, 5.74) is -5.36. The van der Waals surface area contributed by atoms with Crippen LogP contribution in [0.1, 0.15) is 12.6 Å². The fourth-order valence-electron chi connectivity index (χ4n) is 1.98. The van der Waals surface area contributed by atoms with Gasteiger partial charge < -0.3 is 10.6 Å². The number of halogens is 5. The first kappa shape index (κ1) is 19.4. The van der Waals surface area contributed by atoms with Crippen molar-refractivity contribution in [3.8, 4) is 23.3 Å². The average Bonchev–Trinajstić information content (AvgIpc) is 2.53. The molecule has 0 unspecified atom stereocenters. The van der Waals surface area contributed by atoms with Gasteiger partial charge in [0, 0.05) is 12.1 Å². The van der Waals surface area contributed by atoms with Gasteiger partial charge in [-0.2, -0.15) is 13.2 Å². The Balaban J connectivity index is 2.70. The summed E-state index contributed by atoms with van der Waals surface area (Å²) >= 11 is 5.81. The molecule has 0 radical (unpaired) electrons. The Kier molecular flexibility index (Phi) is 5.32. The summed E-state index contributed by atoms with van der Waals surface area (Å²) < 4.78 is 57.6. The molecule has 0 aliphatic carbocycles. The molecule has 0 amide bonds. The molecule has 0 fully saturated rings. The molecule has 1 aromatic carbocycles. The van der Waals surface area contributed by atoms with Gasteiger partial charge in [0.15, 0.2) is 5.69 Å². The van der Waals surface area contributed by atoms with E-state index >= 15 is 0 Å². The summed E-state index contributed by atoms with van der Waals surface area (Å²) in [5, 5.41) is -0.183. The molecular formula is C15H10ClF4N3O3. The molecule has 11 heteroatoms. The zero-order valence-corrected chi connectivity index (χ0v) is 13.8. The van der Waals surface area contributed by atoms with E-state index in [0.29, 0.717) is 0 Å². The highest BCUT2D eigenvalue weighted by Gasteiger charge is 2.36. The van der Waals surface area contributed by atoms with Crippen LogP contribution in [0, 0.1) is 17.7 Å². The van der Waals surface area contributed by atoms with E-state index < -0.39 is 34.6 Å². The Morgan fingerprint density at radius 3 is 2.50 bits per heavy atom. The molecule has 2 aromatic rings. The molecule has 0 bridgehead atoms. The van der Waals surface area contributed by atoms with Crippen molar-refractivity contribution in [1.82, 2.24) is 9.24 Å². The maximum absolute atomic E-state index is 14.2. The van der Waals surface area contributed by atoms with Crippen LogP contribution in [0.25, 0.3) is 5.69 Å². The van der Waals surface area contributed by atoms with Crippen molar-refractivity contribution in [2.45, 2.75) is 13.1 Å². The van der Waals surface area contributed by atoms with E-state index in [1.54, 1.807) is 6.92 Å². The number of nitrogens with zero attached hydrogens (tertiary/aromatic N) is 2. The van der Waals surface area contributed by atoms with Crippen molar-refractivity contribution in [2.24, 2.45) is 0 Å². The number of ether oxygens (including phenoxy) is 1. The maximum Gasteiger partial charge on any atom is 0.433 e. The summed E-state index contributed by atoms with van der Waals surface area (Å²) in [7, 11) is 0. The average molecular weight is 392 g/mol. The van der Waals surface area contributed by atoms with Crippen LogP contribution in [0.2, 0.25) is 5.02 Å². The lowest BCUT2D eigenvalue weighted by Crippen LogP contribution is -2.45. The molecule has 138 valence electrons. The maximum atomic E-state index is 14.2. The second-order valence-electron chi connectivity index (χ2n) is 4.80. The first-order valence-corrected chi connectivity index (χ1v) is 7.19. The highest BCUT2D eigenvalue weighted by molar-refractivity contribution is 6.32. The van der Waals surface area contributed by atoms with Gasteiger partial charge >= 0.3 is 11.9 Å². The highest BCUT2D eigenvalue weighted by atomic mass is 35.5. The predicted octanol–water partition coefficient (Wildman–Crippen LogP) is 1.93. The van der Waals surface area contributed by atoms with Crippen LogP contribution in [0.15, 0.2) is 27.8 Å². The summed E-state index contributed by atoms with van der Waals surface area (Å²) in [6.45, 7) is 1.43. The van der Waals surface area contributed by atoms with Crippen LogP contribution in [0.3, 0.4) is 0 Å². The van der Waals surface area contributed by atoms with E-state index in [1.165, 1.54) is 0 Å². The quantitative estimate of drug-likeness (QED) is 0.492. The molecule has 2 rings (SSSR count). The zero-order chi connectivity index (χ0) is 19.6. The van der Waals surface area contributed by atoms with Gasteiger partial charge in [-0.3, -0.25) is 4.79 Å². The molecule has 1 aromatic heterocycles. The first-order valence-electron chi connectivity index (χ1n) is 6.81. The normalized spacial score (nSPS) is 11.0. The summed E-state index contributed by atoms with van der Waals surface area (Å²) in [6.07, 6.45) is -5.04. The molecule has 0 spiro atoms. The van der Waals surface area contributed by atoms with Crippen LogP contribution in [-0.2, 0) is 6.18 Å². The van der Waals surface area contributed by atoms with Crippen LogP contribution in [0.4, 0.5) is 17.6 Å². The SMILES string of the molecule is CC#CCOc1cc(-n2c(=O)cc(C(F)(F)F)n(N)c2=O)c(F)cc1Cl. The van der Waals surface area contributed by atoms with Crippen LogP contribution >= 0.6 is 11.6 Å². The second kappa shape index (κ2) is 7.13. The molecule has 0 aliphatic heterocycles. The third kappa shape index (κ3) is 3.67. The van der Waals surface area contributed by atoms with Gasteiger partial charge in [0.2, 0.25) is 0 Å². The van der Waals surface area contributed by atoms with Gasteiger partial charge in [-0.25, -0.2) is 18.4 Å². The number of nitrogen functional groups attached to an aromatic ring is 1. The third-order valence-corrected chi connectivity index (χ3v) is 3.44. The van der Waals surface area contributed by atoms with E-state index in [4.69, 9.17) is 22.2 Å². The van der Waals surface area contributed by atoms with Crippen molar-refractivity contribution >= 4 is 11.6 Å². The summed E-state index contributed by atoms with van der Waals surface area (Å²) in [4.78, 5) is 24.1. The highest BCUT2D eigenvalue weighted by Crippen LogP contribution is 2.29. The van der Waals surface area contributed by atoms with Gasteiger partial charge in [0.05, 0.1) is 10.7 Å². The van der Waals surface area contributed by atoms with E-state index in [0.717, 1.165) is 12.1 Å². The van der Waals surface area contributed by atoms with Crippen molar-refractivity contribution in [3.63, 3.8) is 0 Å². The van der Waals surface area contributed by atoms with Gasteiger partial charge in [-0.1, -0.05) is 17.5 Å². The molecule has 0 aliphatic rings. The molecule has 1 heterocycles. The van der Waals surface area contributed by atoms with E-state index in [2.05, 4.69) is 11.8 Å². The van der Waals surface area contributed by atoms with Crippen LogP contribution in [0.5, 0.6) is 5.75 Å². The molecule has 26 heavy (non-hydrogen) atoms. The Morgan fingerprint density at radius 2 is 1.92 bits per heavy atom. The fourth-order valence-corrected chi connectivity index (χ4v) is 2.19. The summed E-state index contributed by atoms with van der Waals surface area (Å²) in [5.74, 6) is 8.94.